The molecule has 0 saturated heterocycles. The third kappa shape index (κ3) is 42.7. The van der Waals surface area contributed by atoms with Crippen LogP contribution in [-0.4, -0.2) is 0 Å². The number of hydrogen-bond donors (Lipinski definition) is 0. The van der Waals surface area contributed by atoms with Crippen molar-refractivity contribution in [2.24, 2.45) is 0 Å². The average molecular weight is 150 g/mol. The molecule has 0 aliphatic heterocycles. The van der Waals surface area contributed by atoms with Gasteiger partial charge in [0.15, 0.2) is 0 Å². The largest absolute Gasteiger partial charge is 3.00 e. The maximum absolute atomic E-state index is 0. The molecule has 0 aromatic rings. The van der Waals surface area contributed by atoms with Crippen molar-refractivity contribution in [2.45, 2.75) is 0 Å². The van der Waals surface area contributed by atoms with Crippen LogP contribution in [0, 0.1) is 0 Å². The summed E-state index contributed by atoms with van der Waals surface area (Å²) in [5.74, 6) is 0. The minimum absolute atomic E-state index is 0. The molecule has 0 fully saturated rings. The smallest absolute Gasteiger partial charge is 2.00 e. The summed E-state index contributed by atoms with van der Waals surface area (Å²) >= 11 is 0. The molecule has 0 amide bonds. The van der Waals surface area contributed by atoms with Crippen LogP contribution in [0.4, 0.5) is 0 Å². The molecule has 0 rings (SSSR count). The molecule has 5 heteroatoms. The molecule has 0 aliphatic rings. The summed E-state index contributed by atoms with van der Waals surface area (Å²) in [5.41, 5.74) is 0. The van der Waals surface area contributed by atoms with Gasteiger partial charge in [-0.05, 0) is 0 Å². The van der Waals surface area contributed by atoms with Crippen LogP contribution in [0.15, 0.2) is 0 Å². The molecule has 0 bridgehead atoms. The number of rotatable bonds is 0. The molecule has 0 heterocycles. The van der Waals surface area contributed by atoms with Gasteiger partial charge in [-0.15, -0.1) is 0 Å². The van der Waals surface area contributed by atoms with Crippen LogP contribution >= 0.6 is 0 Å². The van der Waals surface area contributed by atoms with Gasteiger partial charge in [0.2, 0.25) is 0 Å². The minimum Gasteiger partial charge on any atom is -2.00 e. The van der Waals surface area contributed by atoms with E-state index in [1.165, 1.54) is 0 Å². The second kappa shape index (κ2) is 75.2. The Balaban J connectivity index is 0. The van der Waals surface area contributed by atoms with E-state index in [0.717, 1.165) is 0 Å². The first-order valence-electron chi connectivity index (χ1n) is 0. The van der Waals surface area contributed by atoms with Crippen molar-refractivity contribution in [3.05, 3.63) is 0 Å². The predicted molar refractivity (Wildman–Crippen MR) is 2.06 cm³/mol. The van der Waals surface area contributed by atoms with Crippen molar-refractivity contribution in [1.82, 2.24) is 0 Å². The van der Waals surface area contributed by atoms with Crippen molar-refractivity contribution in [1.29, 1.82) is 0 Å². The normalized spacial score (nSPS) is 0. The van der Waals surface area contributed by atoms with Crippen LogP contribution in [0.3, 0.4) is 0 Å². The minimum atomic E-state index is 0. The van der Waals surface area contributed by atoms with Gasteiger partial charge in [-0.2, -0.15) is 0 Å². The Hall–Kier alpha value is 1.05. The van der Waals surface area contributed by atoms with Crippen LogP contribution in [0.5, 0.6) is 0 Å². The van der Waals surface area contributed by atoms with Crippen molar-refractivity contribution in [3.63, 3.8) is 0 Å². The Morgan fingerprint density at radius 3 is 0.400 bits per heavy atom. The van der Waals surface area contributed by atoms with E-state index in [1.54, 1.807) is 0 Å². The zero-order chi connectivity index (χ0) is 0. The molecule has 0 aromatic heterocycles. The van der Waals surface area contributed by atoms with Crippen molar-refractivity contribution in [3.8, 4) is 0 Å². The van der Waals surface area contributed by atoms with Crippen LogP contribution in [0.2, 0.25) is 0 Å². The van der Waals surface area contributed by atoms with Gasteiger partial charge in [0, 0.05) is 0 Å². The monoisotopic (exact) mass is 150 g/mol. The molecule has 5 heavy (non-hydrogen) atoms. The van der Waals surface area contributed by atoms with Gasteiger partial charge < -0.3 is 16.4 Å². The Bertz CT molecular complexity index is 4.85. The Labute approximate surface area is 53.8 Å². The zero-order valence-corrected chi connectivity index (χ0v) is 4.91. The van der Waals surface area contributed by atoms with Crippen LogP contribution in [0.25, 0.3) is 0 Å². The molecule has 0 spiro atoms. The summed E-state index contributed by atoms with van der Waals surface area (Å²) in [4.78, 5) is 0. The summed E-state index contributed by atoms with van der Waals surface area (Å²) < 4.78 is 0. The Morgan fingerprint density at radius 1 is 0.400 bits per heavy atom. The standard InChI is InChI=1S/3O.2V/q3*-2;2*+3. The fourth-order valence-electron chi connectivity index (χ4n) is 0. The van der Waals surface area contributed by atoms with Gasteiger partial charge in [-0.1, -0.05) is 0 Å². The SMILES string of the molecule is [O-2].[O-2].[O-2].[V+3].[V+3]. The predicted octanol–water partition coefficient (Wildman–Crippen LogP) is -0.361. The quantitative estimate of drug-likeness (QED) is 0.451. The molecule has 0 radical (unpaired) electrons. The van der Waals surface area contributed by atoms with Crippen molar-refractivity contribution >= 4 is 0 Å². The summed E-state index contributed by atoms with van der Waals surface area (Å²) in [6.45, 7) is 0. The van der Waals surface area contributed by atoms with Gasteiger partial charge in [0.25, 0.3) is 0 Å². The van der Waals surface area contributed by atoms with Crippen LogP contribution in [-0.2, 0) is 53.5 Å². The van der Waals surface area contributed by atoms with Gasteiger partial charge in [0.1, 0.15) is 0 Å². The van der Waals surface area contributed by atoms with Crippen LogP contribution < -0.4 is 0 Å². The Kier molecular flexibility index (Phi) is 2110. The van der Waals surface area contributed by atoms with E-state index in [9.17, 15) is 0 Å². The number of hydrogen-bond acceptors (Lipinski definition) is 0. The first-order valence-corrected chi connectivity index (χ1v) is 0. The van der Waals surface area contributed by atoms with E-state index >= 15 is 0 Å². The molecule has 0 aromatic carbocycles. The average Bonchev–Trinajstić information content (AvgIpc) is 0. The second-order valence-electron chi connectivity index (χ2n) is 0. The fraction of sp³-hybridized carbons (Fsp3) is 0. The third-order valence-electron chi connectivity index (χ3n) is 0. The first-order chi connectivity index (χ1) is 0. The van der Waals surface area contributed by atoms with Crippen molar-refractivity contribution in [2.75, 3.05) is 0 Å². The van der Waals surface area contributed by atoms with Gasteiger partial charge >= 0.3 is 37.1 Å². The molecule has 0 aliphatic carbocycles. The molecule has 0 atom stereocenters. The van der Waals surface area contributed by atoms with Crippen molar-refractivity contribution < 1.29 is 53.5 Å². The molecular weight excluding hydrogens is 150 g/mol. The topological polar surface area (TPSA) is 85.5 Å². The van der Waals surface area contributed by atoms with Gasteiger partial charge in [0.05, 0.1) is 0 Å². The molecule has 28 valence electrons. The van der Waals surface area contributed by atoms with Gasteiger partial charge in [-0.25, -0.2) is 0 Å². The first kappa shape index (κ1) is 140. The summed E-state index contributed by atoms with van der Waals surface area (Å²) in [6.07, 6.45) is 0. The molecule has 3 nitrogen and oxygen atoms in total. The maximum atomic E-state index is 0. The van der Waals surface area contributed by atoms with E-state index in [4.69, 9.17) is 0 Å². The summed E-state index contributed by atoms with van der Waals surface area (Å²) in [7, 11) is 0. The van der Waals surface area contributed by atoms with E-state index in [-0.39, 0.29) is 53.5 Å². The molecule has 0 saturated carbocycles. The maximum Gasteiger partial charge on any atom is 3.00 e. The van der Waals surface area contributed by atoms with E-state index < -0.39 is 0 Å². The molecule has 0 unspecified atom stereocenters. The molecule has 0 N–H and O–H groups in total. The van der Waals surface area contributed by atoms with E-state index in [2.05, 4.69) is 0 Å². The van der Waals surface area contributed by atoms with E-state index in [0.29, 0.717) is 0 Å². The summed E-state index contributed by atoms with van der Waals surface area (Å²) in [5, 5.41) is 0. The molecular formula is O3V2. The van der Waals surface area contributed by atoms with Crippen LogP contribution in [0.1, 0.15) is 0 Å². The third-order valence-corrected chi connectivity index (χ3v) is 0. The van der Waals surface area contributed by atoms with Gasteiger partial charge in [-0.3, -0.25) is 0 Å². The zero-order valence-electron chi connectivity index (χ0n) is 2.12. The van der Waals surface area contributed by atoms with E-state index in [1.807, 2.05) is 0 Å². The fourth-order valence-corrected chi connectivity index (χ4v) is 0. The summed E-state index contributed by atoms with van der Waals surface area (Å²) in [6, 6.07) is 0. The Morgan fingerprint density at radius 2 is 0.400 bits per heavy atom. The second-order valence-corrected chi connectivity index (χ2v) is 0.